The Morgan fingerprint density at radius 1 is 0.750 bits per heavy atom. The van der Waals surface area contributed by atoms with Crippen LogP contribution in [0.2, 0.25) is 0 Å². The van der Waals surface area contributed by atoms with Crippen molar-refractivity contribution in [3.05, 3.63) is 0 Å². The van der Waals surface area contributed by atoms with Gasteiger partial charge in [-0.15, -0.1) is 37.9 Å². The van der Waals surface area contributed by atoms with Crippen LogP contribution < -0.4 is 0 Å². The van der Waals surface area contributed by atoms with Crippen molar-refractivity contribution in [2.75, 3.05) is 0 Å². The second-order valence-electron chi connectivity index (χ2n) is 0.422. The van der Waals surface area contributed by atoms with E-state index in [-0.39, 0.29) is 12.2 Å². The molecule has 0 aliphatic rings. The van der Waals surface area contributed by atoms with E-state index in [2.05, 4.69) is 62.3 Å². The van der Waals surface area contributed by atoms with Gasteiger partial charge in [0.1, 0.15) is 0 Å². The van der Waals surface area contributed by atoms with E-state index in [1.54, 1.807) is 0 Å². The molecular formula is C12H40O3S5. The summed E-state index contributed by atoms with van der Waals surface area (Å²) in [6, 6.07) is 0. The smallest absolute Gasteiger partial charge is 0.290 e. The summed E-state index contributed by atoms with van der Waals surface area (Å²) in [5.41, 5.74) is 0.444. The minimum Gasteiger partial charge on any atom is -0.483 e. The summed E-state index contributed by atoms with van der Waals surface area (Å²) in [5, 5.41) is 6.89. The Hall–Kier alpha value is 0.370. The van der Waals surface area contributed by atoms with Crippen molar-refractivity contribution >= 4 is 83.8 Å². The lowest BCUT2D eigenvalue weighted by Gasteiger charge is -1.34. The van der Waals surface area contributed by atoms with E-state index in [1.807, 2.05) is 55.4 Å². The van der Waals surface area contributed by atoms with Crippen LogP contribution in [0.4, 0.5) is 0 Å². The zero-order chi connectivity index (χ0) is 18.8. The van der Waals surface area contributed by atoms with Gasteiger partial charge in [-0.1, -0.05) is 79.8 Å². The minimum absolute atomic E-state index is 0. The maximum atomic E-state index is 8.67. The summed E-state index contributed by atoms with van der Waals surface area (Å²) in [5.74, 6) is 0. The van der Waals surface area contributed by atoms with E-state index < -0.39 is 0 Å². The van der Waals surface area contributed by atoms with Gasteiger partial charge in [-0.25, -0.2) is 0 Å². The molecule has 0 aromatic rings. The van der Waals surface area contributed by atoms with Gasteiger partial charge in [0, 0.05) is 15.1 Å². The summed E-state index contributed by atoms with van der Waals surface area (Å²) in [7, 11) is 0. The summed E-state index contributed by atoms with van der Waals surface area (Å²) >= 11 is 18.3. The normalized spacial score (nSPS) is 3.75. The van der Waals surface area contributed by atoms with Gasteiger partial charge in [-0.3, -0.25) is 9.59 Å². The molecule has 3 nitrogen and oxygen atoms in total. The lowest BCUT2D eigenvalue weighted by atomic mass is 11.0. The third kappa shape index (κ3) is 40500. The molecule has 8 heteroatoms. The maximum absolute atomic E-state index is 8.67. The van der Waals surface area contributed by atoms with Crippen LogP contribution in [0.25, 0.3) is 0 Å². The Balaban J connectivity index is -0.00000000675. The Morgan fingerprint density at radius 3 is 0.750 bits per heavy atom. The van der Waals surface area contributed by atoms with Crippen molar-refractivity contribution in [1.82, 2.24) is 0 Å². The van der Waals surface area contributed by atoms with Gasteiger partial charge in [0.2, 0.25) is 0 Å². The largest absolute Gasteiger partial charge is 0.483 e. The fourth-order valence-electron chi connectivity index (χ4n) is 0. The van der Waals surface area contributed by atoms with Crippen molar-refractivity contribution in [2.45, 2.75) is 55.4 Å². The molecule has 0 aromatic carbocycles. The molecule has 0 spiro atoms. The number of hydrogen-bond acceptors (Lipinski definition) is 4. The average molecular weight is 401 g/mol. The van der Waals surface area contributed by atoms with Crippen molar-refractivity contribution in [3.8, 4) is 0 Å². The van der Waals surface area contributed by atoms with Crippen molar-refractivity contribution in [2.24, 2.45) is 0 Å². The summed E-state index contributed by atoms with van der Waals surface area (Å²) < 4.78 is 2.56. The van der Waals surface area contributed by atoms with Gasteiger partial charge in [-0.05, 0) is 0 Å². The summed E-state index contributed by atoms with van der Waals surface area (Å²) in [4.78, 5) is 17.0. The predicted octanol–water partition coefficient (Wildman–Crippen LogP) is 6.64. The van der Waals surface area contributed by atoms with E-state index in [0.717, 1.165) is 0 Å². The molecule has 20 heavy (non-hydrogen) atoms. The molecule has 1 N–H and O–H groups in total. The topological polar surface area (TPSA) is 54.4 Å². The maximum Gasteiger partial charge on any atom is 0.290 e. The molecule has 136 valence electrons. The lowest BCUT2D eigenvalue weighted by molar-refractivity contribution is -0.122. The van der Waals surface area contributed by atoms with Gasteiger partial charge in [-0.2, -0.15) is 0 Å². The molecule has 0 heterocycles. The second-order valence-corrected chi connectivity index (χ2v) is 2.32. The number of thiocarbonyl (C=S) groups is 2. The molecular weight excluding hydrogens is 352 g/mol. The van der Waals surface area contributed by atoms with Crippen LogP contribution in [-0.2, 0) is 9.59 Å². The standard InChI is InChI=1S/4C2H6.CH2O2.CH2OS.2CH2S2.4H2/c4*1-2;4*2-1-3;;;;/h4*1-2H3;4*1H,(H,2,3);4*1H/i;;;;;;;;4*1+2. The van der Waals surface area contributed by atoms with Crippen LogP contribution >= 0.6 is 62.3 Å². The monoisotopic (exact) mass is 400 g/mol. The fourth-order valence-corrected chi connectivity index (χ4v) is 0. The Labute approximate surface area is 159 Å². The first-order valence-corrected chi connectivity index (χ1v) is 8.47. The zero-order valence-corrected chi connectivity index (χ0v) is 18.0. The highest BCUT2D eigenvalue weighted by molar-refractivity contribution is 8.08. The van der Waals surface area contributed by atoms with Crippen molar-refractivity contribution < 1.29 is 20.4 Å². The van der Waals surface area contributed by atoms with E-state index in [1.165, 1.54) is 9.40 Å². The Kier molecular flexibility index (Phi) is 855. The number of carbonyl (C=O) groups excluding carboxylic acids is 1. The number of rotatable bonds is 0. The van der Waals surface area contributed by atoms with E-state index in [0.29, 0.717) is 5.62 Å². The van der Waals surface area contributed by atoms with Gasteiger partial charge in [0.15, 0.2) is 5.62 Å². The molecule has 0 unspecified atom stereocenters. The third-order valence-corrected chi connectivity index (χ3v) is 0. The van der Waals surface area contributed by atoms with E-state index >= 15 is 0 Å². The molecule has 0 fully saturated rings. The summed E-state index contributed by atoms with van der Waals surface area (Å²) in [6.45, 7) is 15.8. The highest BCUT2D eigenvalue weighted by atomic mass is 32.1. The molecule has 0 aliphatic heterocycles. The molecule has 0 amide bonds. The van der Waals surface area contributed by atoms with Crippen molar-refractivity contribution in [3.63, 3.8) is 0 Å². The van der Waals surface area contributed by atoms with Crippen LogP contribution in [0.3, 0.4) is 0 Å². The Bertz CT molecular complexity index is 96.7. The van der Waals surface area contributed by atoms with E-state index in [4.69, 9.17) is 14.7 Å². The third-order valence-electron chi connectivity index (χ3n) is 0. The lowest BCUT2D eigenvalue weighted by Crippen LogP contribution is -1.49. The molecule has 0 radical (unpaired) electrons. The molecule has 0 rings (SSSR count). The quantitative estimate of drug-likeness (QED) is 0.208. The van der Waals surface area contributed by atoms with Gasteiger partial charge in [0.25, 0.3) is 6.47 Å². The van der Waals surface area contributed by atoms with Gasteiger partial charge < -0.3 is 5.11 Å². The van der Waals surface area contributed by atoms with E-state index in [9.17, 15) is 0 Å². The molecule has 0 bridgehead atoms. The van der Waals surface area contributed by atoms with Crippen LogP contribution in [0, 0.1) is 0 Å². The number of thiol groups is 3. The zero-order valence-electron chi connectivity index (χ0n) is 13.7. The molecule has 0 saturated carbocycles. The van der Waals surface area contributed by atoms with Gasteiger partial charge in [0.05, 0.1) is 0 Å². The van der Waals surface area contributed by atoms with Crippen molar-refractivity contribution in [1.29, 1.82) is 0 Å². The molecule has 0 aromatic heterocycles. The minimum atomic E-state index is -0.250. The van der Waals surface area contributed by atoms with Crippen LogP contribution in [0.1, 0.15) is 61.1 Å². The fraction of sp³-hybridized carbons (Fsp3) is 0.667. The molecule has 0 saturated heterocycles. The Morgan fingerprint density at radius 2 is 0.750 bits per heavy atom. The first-order valence-electron chi connectivity index (χ1n) is 5.98. The number of hydrogen-bond donors (Lipinski definition) is 4. The second kappa shape index (κ2) is 342. The highest BCUT2D eigenvalue weighted by Gasteiger charge is 1.24. The first-order chi connectivity index (χ1) is 9.66. The van der Waals surface area contributed by atoms with Crippen LogP contribution in [0.5, 0.6) is 0 Å². The van der Waals surface area contributed by atoms with Crippen LogP contribution in [-0.4, -0.2) is 26.6 Å². The SMILES string of the molecule is CC.CC.CC.CC.O=CO.O=CS.S=CS.S=CS.[3HH].[3HH].[3HH].[3HH]. The molecule has 0 atom stereocenters. The van der Waals surface area contributed by atoms with Gasteiger partial charge >= 0.3 is 0 Å². The van der Waals surface area contributed by atoms with Crippen LogP contribution in [0.15, 0.2) is 0 Å². The average Bonchev–Trinajstić information content (AvgIpc) is 2.50. The highest BCUT2D eigenvalue weighted by Crippen LogP contribution is 1.50. The first kappa shape index (κ1) is 49.9. The summed E-state index contributed by atoms with van der Waals surface area (Å²) in [6.07, 6.45) is 0. The molecule has 0 aliphatic carbocycles. The number of carboxylic acid groups (broad SMARTS) is 1. The number of carbonyl (C=O) groups is 2. The predicted molar refractivity (Wildman–Crippen MR) is 124 cm³/mol.